The lowest BCUT2D eigenvalue weighted by atomic mass is 10.0. The molecule has 102 valence electrons. The monoisotopic (exact) mass is 251 g/mol. The second-order valence-electron chi connectivity index (χ2n) is 6.26. The molecule has 1 fully saturated rings. The van der Waals surface area contributed by atoms with E-state index < -0.39 is 0 Å². The molecule has 1 saturated heterocycles. The molecular weight excluding hydrogens is 226 g/mol. The molecule has 2 unspecified atom stereocenters. The van der Waals surface area contributed by atoms with Gasteiger partial charge in [-0.25, -0.2) is 4.98 Å². The third kappa shape index (κ3) is 3.56. The van der Waals surface area contributed by atoms with Crippen molar-refractivity contribution in [2.45, 2.75) is 64.8 Å². The van der Waals surface area contributed by atoms with Gasteiger partial charge in [-0.1, -0.05) is 0 Å². The molecule has 1 N–H and O–H groups in total. The summed E-state index contributed by atoms with van der Waals surface area (Å²) in [7, 11) is 0. The van der Waals surface area contributed by atoms with Crippen molar-refractivity contribution in [1.82, 2.24) is 14.9 Å². The highest BCUT2D eigenvalue weighted by atomic mass is 16.5. The van der Waals surface area contributed by atoms with Crippen LogP contribution in [0.4, 0.5) is 0 Å². The lowest BCUT2D eigenvalue weighted by molar-refractivity contribution is 0.00537. The van der Waals surface area contributed by atoms with E-state index in [1.807, 2.05) is 12.5 Å². The fourth-order valence-corrected chi connectivity index (χ4v) is 2.38. The highest BCUT2D eigenvalue weighted by Gasteiger charge is 2.22. The second kappa shape index (κ2) is 5.41. The normalized spacial score (nSPS) is 25.3. The van der Waals surface area contributed by atoms with E-state index in [0.717, 1.165) is 26.0 Å². The Morgan fingerprint density at radius 2 is 2.28 bits per heavy atom. The van der Waals surface area contributed by atoms with Gasteiger partial charge in [0.05, 0.1) is 18.1 Å². The van der Waals surface area contributed by atoms with Crippen molar-refractivity contribution in [2.75, 3.05) is 6.61 Å². The van der Waals surface area contributed by atoms with E-state index >= 15 is 0 Å². The summed E-state index contributed by atoms with van der Waals surface area (Å²) in [5.41, 5.74) is 1.40. The van der Waals surface area contributed by atoms with Crippen LogP contribution in [0, 0.1) is 0 Å². The fourth-order valence-electron chi connectivity index (χ4n) is 2.38. The number of rotatable bonds is 3. The zero-order valence-electron chi connectivity index (χ0n) is 11.9. The lowest BCUT2D eigenvalue weighted by Gasteiger charge is -2.30. The van der Waals surface area contributed by atoms with Crippen molar-refractivity contribution < 1.29 is 4.74 Å². The summed E-state index contributed by atoms with van der Waals surface area (Å²) in [6, 6.07) is 0.535. The first-order valence-corrected chi connectivity index (χ1v) is 6.83. The summed E-state index contributed by atoms with van der Waals surface area (Å²) in [6.07, 6.45) is 6.46. The summed E-state index contributed by atoms with van der Waals surface area (Å²) in [5.74, 6) is 0. The molecule has 2 rings (SSSR count). The van der Waals surface area contributed by atoms with Crippen LogP contribution < -0.4 is 5.32 Å². The number of nitrogens with zero attached hydrogens (tertiary/aromatic N) is 2. The maximum absolute atomic E-state index is 5.61. The van der Waals surface area contributed by atoms with Gasteiger partial charge in [-0.15, -0.1) is 0 Å². The minimum Gasteiger partial charge on any atom is -0.378 e. The maximum atomic E-state index is 5.61. The van der Waals surface area contributed by atoms with Crippen LogP contribution in [0.25, 0.3) is 0 Å². The Bertz CT molecular complexity index is 381. The first-order valence-electron chi connectivity index (χ1n) is 6.83. The molecule has 0 radical (unpaired) electrons. The number of imidazole rings is 1. The standard InChI is InChI=1S/C14H25N3O/c1-11-7-12(5-6-18-11)17-10-15-8-13(17)9-16-14(2,3)4/h8,10-12,16H,5-7,9H2,1-4H3. The van der Waals surface area contributed by atoms with E-state index in [4.69, 9.17) is 4.74 Å². The van der Waals surface area contributed by atoms with E-state index in [1.54, 1.807) is 0 Å². The average molecular weight is 251 g/mol. The Morgan fingerprint density at radius 3 is 2.94 bits per heavy atom. The van der Waals surface area contributed by atoms with Crippen LogP contribution in [-0.4, -0.2) is 27.8 Å². The molecule has 0 saturated carbocycles. The molecule has 4 heteroatoms. The number of ether oxygens (including phenoxy) is 1. The zero-order valence-corrected chi connectivity index (χ0v) is 11.9. The molecule has 1 aliphatic rings. The van der Waals surface area contributed by atoms with Gasteiger partial charge in [-0.05, 0) is 40.5 Å². The van der Waals surface area contributed by atoms with Crippen LogP contribution in [0.15, 0.2) is 12.5 Å². The van der Waals surface area contributed by atoms with E-state index in [-0.39, 0.29) is 5.54 Å². The van der Waals surface area contributed by atoms with Gasteiger partial charge in [-0.2, -0.15) is 0 Å². The van der Waals surface area contributed by atoms with Gasteiger partial charge in [-0.3, -0.25) is 0 Å². The van der Waals surface area contributed by atoms with Crippen molar-refractivity contribution in [1.29, 1.82) is 0 Å². The quantitative estimate of drug-likeness (QED) is 0.897. The number of hydrogen-bond donors (Lipinski definition) is 1. The summed E-state index contributed by atoms with van der Waals surface area (Å²) in [4.78, 5) is 4.31. The highest BCUT2D eigenvalue weighted by molar-refractivity contribution is 5.01. The number of aromatic nitrogens is 2. The third-order valence-corrected chi connectivity index (χ3v) is 3.40. The summed E-state index contributed by atoms with van der Waals surface area (Å²) in [5, 5.41) is 3.52. The number of hydrogen-bond acceptors (Lipinski definition) is 3. The van der Waals surface area contributed by atoms with Gasteiger partial charge >= 0.3 is 0 Å². The predicted molar refractivity (Wildman–Crippen MR) is 72.5 cm³/mol. The molecule has 2 atom stereocenters. The Balaban J connectivity index is 2.02. The van der Waals surface area contributed by atoms with E-state index in [9.17, 15) is 0 Å². The van der Waals surface area contributed by atoms with Crippen molar-refractivity contribution >= 4 is 0 Å². The summed E-state index contributed by atoms with van der Waals surface area (Å²) >= 11 is 0. The molecule has 0 amide bonds. The molecule has 1 aromatic rings. The Hall–Kier alpha value is -0.870. The molecule has 18 heavy (non-hydrogen) atoms. The van der Waals surface area contributed by atoms with Crippen molar-refractivity contribution in [3.05, 3.63) is 18.2 Å². The van der Waals surface area contributed by atoms with Crippen molar-refractivity contribution in [3.63, 3.8) is 0 Å². The van der Waals surface area contributed by atoms with Crippen molar-refractivity contribution in [2.24, 2.45) is 0 Å². The van der Waals surface area contributed by atoms with E-state index in [2.05, 4.69) is 42.6 Å². The molecular formula is C14H25N3O. The van der Waals surface area contributed by atoms with E-state index in [1.165, 1.54) is 5.69 Å². The summed E-state index contributed by atoms with van der Waals surface area (Å²) < 4.78 is 7.93. The van der Waals surface area contributed by atoms with Crippen LogP contribution in [-0.2, 0) is 11.3 Å². The number of nitrogens with one attached hydrogen (secondary N) is 1. The Kier molecular flexibility index (Phi) is 4.07. The molecule has 4 nitrogen and oxygen atoms in total. The third-order valence-electron chi connectivity index (χ3n) is 3.40. The molecule has 0 aliphatic carbocycles. The van der Waals surface area contributed by atoms with Crippen LogP contribution in [0.1, 0.15) is 52.3 Å². The van der Waals surface area contributed by atoms with E-state index in [0.29, 0.717) is 12.1 Å². The maximum Gasteiger partial charge on any atom is 0.0951 e. The topological polar surface area (TPSA) is 39.1 Å². The first-order chi connectivity index (χ1) is 8.46. The van der Waals surface area contributed by atoms with Crippen molar-refractivity contribution in [3.8, 4) is 0 Å². The van der Waals surface area contributed by atoms with Crippen LogP contribution in [0.3, 0.4) is 0 Å². The van der Waals surface area contributed by atoms with Crippen LogP contribution in [0.2, 0.25) is 0 Å². The molecule has 0 bridgehead atoms. The highest BCUT2D eigenvalue weighted by Crippen LogP contribution is 2.26. The SMILES string of the molecule is CC1CC(n2cncc2CNC(C)(C)C)CCO1. The largest absolute Gasteiger partial charge is 0.378 e. The molecule has 2 heterocycles. The minimum absolute atomic E-state index is 0.137. The van der Waals surface area contributed by atoms with Gasteiger partial charge in [0.1, 0.15) is 0 Å². The first kappa shape index (κ1) is 13.6. The second-order valence-corrected chi connectivity index (χ2v) is 6.26. The summed E-state index contributed by atoms with van der Waals surface area (Å²) in [6.45, 7) is 10.4. The predicted octanol–water partition coefficient (Wildman–Crippen LogP) is 2.51. The average Bonchev–Trinajstić information content (AvgIpc) is 2.73. The molecule has 1 aromatic heterocycles. The molecule has 1 aliphatic heterocycles. The van der Waals surface area contributed by atoms with Gasteiger partial charge < -0.3 is 14.6 Å². The van der Waals surface area contributed by atoms with Gasteiger partial charge in [0.2, 0.25) is 0 Å². The lowest BCUT2D eigenvalue weighted by Crippen LogP contribution is -2.36. The van der Waals surface area contributed by atoms with Gasteiger partial charge in [0, 0.05) is 30.9 Å². The Morgan fingerprint density at radius 1 is 1.50 bits per heavy atom. The fraction of sp³-hybridized carbons (Fsp3) is 0.786. The van der Waals surface area contributed by atoms with Gasteiger partial charge in [0.25, 0.3) is 0 Å². The smallest absolute Gasteiger partial charge is 0.0951 e. The molecule has 0 spiro atoms. The van der Waals surface area contributed by atoms with Gasteiger partial charge in [0.15, 0.2) is 0 Å². The zero-order chi connectivity index (χ0) is 13.2. The minimum atomic E-state index is 0.137. The molecule has 0 aromatic carbocycles. The van der Waals surface area contributed by atoms with Crippen LogP contribution in [0.5, 0.6) is 0 Å². The van der Waals surface area contributed by atoms with Crippen LogP contribution >= 0.6 is 0 Å². The Labute approximate surface area is 110 Å².